The van der Waals surface area contributed by atoms with Gasteiger partial charge in [-0.3, -0.25) is 0 Å². The lowest BCUT2D eigenvalue weighted by molar-refractivity contribution is -0.567. The Hall–Kier alpha value is -1.86. The van der Waals surface area contributed by atoms with E-state index in [1.54, 1.807) is 0 Å². The molecule has 0 aliphatic rings. The van der Waals surface area contributed by atoms with Crippen LogP contribution in [0.25, 0.3) is 16.6 Å². The zero-order chi connectivity index (χ0) is 11.7. The molecule has 0 radical (unpaired) electrons. The van der Waals surface area contributed by atoms with E-state index in [1.807, 2.05) is 48.7 Å². The van der Waals surface area contributed by atoms with E-state index in [9.17, 15) is 0 Å². The first-order valence-electron chi connectivity index (χ1n) is 5.50. The quantitative estimate of drug-likeness (QED) is 0.570. The lowest BCUT2D eigenvalue weighted by Gasteiger charge is -2.01. The summed E-state index contributed by atoms with van der Waals surface area (Å²) in [5.74, 6) is 0. The van der Waals surface area contributed by atoms with Gasteiger partial charge in [-0.2, -0.15) is 4.57 Å². The van der Waals surface area contributed by atoms with Gasteiger partial charge in [-0.1, -0.05) is 35.9 Å². The molecule has 0 spiro atoms. The molecule has 0 bridgehead atoms. The molecule has 2 heteroatoms. The van der Waals surface area contributed by atoms with E-state index in [4.69, 9.17) is 11.6 Å². The molecule has 0 N–H and O–H groups in total. The Balaban J connectivity index is 2.35. The highest BCUT2D eigenvalue weighted by atomic mass is 35.5. The Morgan fingerprint density at radius 3 is 2.35 bits per heavy atom. The van der Waals surface area contributed by atoms with Crippen LogP contribution in [0.4, 0.5) is 0 Å². The molecule has 0 saturated heterocycles. The summed E-state index contributed by atoms with van der Waals surface area (Å²) in [5, 5.41) is 1.96. The molecule has 0 fully saturated rings. The summed E-state index contributed by atoms with van der Waals surface area (Å²) in [6.07, 6.45) is 2.03. The van der Waals surface area contributed by atoms with Gasteiger partial charge < -0.3 is 0 Å². The predicted octanol–water partition coefficient (Wildman–Crippen LogP) is 3.77. The highest BCUT2D eigenvalue weighted by Gasteiger charge is 2.13. The van der Waals surface area contributed by atoms with Crippen LogP contribution in [-0.2, 0) is 0 Å². The van der Waals surface area contributed by atoms with Crippen molar-refractivity contribution in [2.45, 2.75) is 0 Å². The Labute approximate surface area is 105 Å². The van der Waals surface area contributed by atoms with E-state index in [1.165, 1.54) is 5.39 Å². The first-order valence-corrected chi connectivity index (χ1v) is 5.88. The maximum absolute atomic E-state index is 6.24. The lowest BCUT2D eigenvalue weighted by Crippen LogP contribution is -2.31. The summed E-state index contributed by atoms with van der Waals surface area (Å²) in [6.45, 7) is 0. The van der Waals surface area contributed by atoms with E-state index in [0.29, 0.717) is 0 Å². The molecule has 3 aromatic rings. The van der Waals surface area contributed by atoms with Crippen molar-refractivity contribution in [3.63, 3.8) is 0 Å². The summed E-state index contributed by atoms with van der Waals surface area (Å²) < 4.78 is 2.11. The van der Waals surface area contributed by atoms with Crippen molar-refractivity contribution in [3.8, 4) is 5.69 Å². The van der Waals surface area contributed by atoms with Crippen LogP contribution >= 0.6 is 11.6 Å². The molecule has 1 aromatic heterocycles. The molecule has 0 saturated carbocycles. The molecule has 3 rings (SSSR count). The van der Waals surface area contributed by atoms with Crippen LogP contribution in [0.5, 0.6) is 0 Å². The van der Waals surface area contributed by atoms with Crippen LogP contribution < -0.4 is 4.57 Å². The summed E-state index contributed by atoms with van der Waals surface area (Å²) in [4.78, 5) is 0. The van der Waals surface area contributed by atoms with E-state index in [0.717, 1.165) is 16.2 Å². The van der Waals surface area contributed by atoms with Gasteiger partial charge in [0.05, 0.1) is 0 Å². The minimum Gasteiger partial charge on any atom is -0.159 e. The minimum atomic E-state index is 0.758. The van der Waals surface area contributed by atoms with Crippen LogP contribution in [-0.4, -0.2) is 0 Å². The zero-order valence-electron chi connectivity index (χ0n) is 9.18. The number of nitrogens with zero attached hydrogens (tertiary/aromatic N) is 1. The molecule has 0 atom stereocenters. The Morgan fingerprint density at radius 2 is 1.47 bits per heavy atom. The molecule has 0 unspecified atom stereocenters. The number of benzene rings is 2. The summed E-state index contributed by atoms with van der Waals surface area (Å²) >= 11 is 6.24. The lowest BCUT2D eigenvalue weighted by atomic mass is 10.2. The van der Waals surface area contributed by atoms with Crippen LogP contribution in [0.1, 0.15) is 0 Å². The van der Waals surface area contributed by atoms with Crippen LogP contribution in [0.15, 0.2) is 66.9 Å². The van der Waals surface area contributed by atoms with Crippen LogP contribution in [0.2, 0.25) is 5.02 Å². The molecule has 0 amide bonds. The SMILES string of the molecule is Clc1ccccc1-[n+]1cccc2ccccc21. The monoisotopic (exact) mass is 240 g/mol. The first-order chi connectivity index (χ1) is 8.36. The predicted molar refractivity (Wildman–Crippen MR) is 70.5 cm³/mol. The second-order valence-corrected chi connectivity index (χ2v) is 4.30. The van der Waals surface area contributed by atoms with Gasteiger partial charge in [0, 0.05) is 23.6 Å². The van der Waals surface area contributed by atoms with Crippen molar-refractivity contribution in [3.05, 3.63) is 71.9 Å². The topological polar surface area (TPSA) is 3.88 Å². The van der Waals surface area contributed by atoms with Crippen molar-refractivity contribution in [2.75, 3.05) is 0 Å². The second-order valence-electron chi connectivity index (χ2n) is 3.89. The molecule has 1 nitrogen and oxygen atoms in total. The molecule has 0 aliphatic carbocycles. The van der Waals surface area contributed by atoms with Crippen LogP contribution in [0, 0.1) is 0 Å². The van der Waals surface area contributed by atoms with E-state index < -0.39 is 0 Å². The third-order valence-electron chi connectivity index (χ3n) is 2.82. The highest BCUT2D eigenvalue weighted by Crippen LogP contribution is 2.17. The third kappa shape index (κ3) is 1.79. The van der Waals surface area contributed by atoms with Gasteiger partial charge in [-0.05, 0) is 18.2 Å². The van der Waals surface area contributed by atoms with Crippen molar-refractivity contribution >= 4 is 22.5 Å². The summed E-state index contributed by atoms with van der Waals surface area (Å²) in [6, 6.07) is 20.3. The van der Waals surface area contributed by atoms with Gasteiger partial charge >= 0.3 is 0 Å². The van der Waals surface area contributed by atoms with Crippen molar-refractivity contribution in [1.29, 1.82) is 0 Å². The third-order valence-corrected chi connectivity index (χ3v) is 3.14. The number of pyridine rings is 1. The number of hydrogen-bond acceptors (Lipinski definition) is 0. The number of fused-ring (bicyclic) bond motifs is 1. The fourth-order valence-electron chi connectivity index (χ4n) is 2.02. The van der Waals surface area contributed by atoms with Gasteiger partial charge in [0.15, 0.2) is 6.20 Å². The van der Waals surface area contributed by atoms with Crippen LogP contribution in [0.3, 0.4) is 0 Å². The van der Waals surface area contributed by atoms with Gasteiger partial charge in [-0.15, -0.1) is 0 Å². The molecule has 1 heterocycles. The normalized spacial score (nSPS) is 10.6. The van der Waals surface area contributed by atoms with Crippen molar-refractivity contribution in [2.24, 2.45) is 0 Å². The number of hydrogen-bond donors (Lipinski definition) is 0. The maximum atomic E-state index is 6.24. The Morgan fingerprint density at radius 1 is 0.765 bits per heavy atom. The van der Waals surface area contributed by atoms with Crippen molar-refractivity contribution in [1.82, 2.24) is 0 Å². The minimum absolute atomic E-state index is 0.758. The average Bonchev–Trinajstić information content (AvgIpc) is 2.39. The maximum Gasteiger partial charge on any atom is 0.229 e. The molecule has 17 heavy (non-hydrogen) atoms. The largest absolute Gasteiger partial charge is 0.229 e. The number of halogens is 1. The van der Waals surface area contributed by atoms with E-state index in [2.05, 4.69) is 22.8 Å². The molecule has 82 valence electrons. The van der Waals surface area contributed by atoms with E-state index in [-0.39, 0.29) is 0 Å². The fourth-order valence-corrected chi connectivity index (χ4v) is 2.24. The van der Waals surface area contributed by atoms with E-state index >= 15 is 0 Å². The standard InChI is InChI=1S/C15H11ClN/c16-13-8-2-4-10-15(13)17-11-5-7-12-6-1-3-9-14(12)17/h1-11H/q+1. The number of aromatic nitrogens is 1. The Bertz CT molecular complexity index is 671. The molecule has 2 aromatic carbocycles. The van der Waals surface area contributed by atoms with Gasteiger partial charge in [0.2, 0.25) is 11.2 Å². The number of para-hydroxylation sites is 2. The first kappa shape index (κ1) is 10.3. The van der Waals surface area contributed by atoms with Gasteiger partial charge in [0.25, 0.3) is 0 Å². The second kappa shape index (κ2) is 4.19. The molecule has 0 aliphatic heterocycles. The summed E-state index contributed by atoms with van der Waals surface area (Å²) in [5.41, 5.74) is 2.16. The van der Waals surface area contributed by atoms with Crippen molar-refractivity contribution < 1.29 is 4.57 Å². The zero-order valence-corrected chi connectivity index (χ0v) is 9.93. The average molecular weight is 241 g/mol. The Kier molecular flexibility index (Phi) is 2.54. The number of rotatable bonds is 1. The summed E-state index contributed by atoms with van der Waals surface area (Å²) in [7, 11) is 0. The fraction of sp³-hybridized carbons (Fsp3) is 0. The molecular formula is C15H11ClN+. The van der Waals surface area contributed by atoms with Gasteiger partial charge in [0.1, 0.15) is 5.02 Å². The molecular weight excluding hydrogens is 230 g/mol. The highest BCUT2D eigenvalue weighted by molar-refractivity contribution is 6.32. The van der Waals surface area contributed by atoms with Gasteiger partial charge in [-0.25, -0.2) is 0 Å². The smallest absolute Gasteiger partial charge is 0.159 e.